The summed E-state index contributed by atoms with van der Waals surface area (Å²) in [4.78, 5) is 27.1. The minimum Gasteiger partial charge on any atom is -0.392 e. The number of carbonyl (C=O) groups is 2. The first-order valence-corrected chi connectivity index (χ1v) is 9.12. The van der Waals surface area contributed by atoms with Crippen LogP contribution < -0.4 is 16.1 Å². The van der Waals surface area contributed by atoms with Gasteiger partial charge in [-0.3, -0.25) is 14.4 Å². The second-order valence-corrected chi connectivity index (χ2v) is 6.38. The van der Waals surface area contributed by atoms with Crippen LogP contribution in [0.15, 0.2) is 0 Å². The van der Waals surface area contributed by atoms with Gasteiger partial charge in [0.15, 0.2) is 0 Å². The minimum absolute atomic E-state index is 0.0638. The van der Waals surface area contributed by atoms with Gasteiger partial charge in [0.25, 0.3) is 0 Å². The van der Waals surface area contributed by atoms with E-state index < -0.39 is 24.3 Å². The van der Waals surface area contributed by atoms with Crippen LogP contribution in [-0.4, -0.2) is 60.0 Å². The monoisotopic (exact) mass is 361 g/mol. The minimum atomic E-state index is -0.736. The molecule has 0 aliphatic carbocycles. The zero-order valence-electron chi connectivity index (χ0n) is 15.7. The van der Waals surface area contributed by atoms with Gasteiger partial charge in [-0.2, -0.15) is 0 Å². The van der Waals surface area contributed by atoms with Crippen LogP contribution in [0.3, 0.4) is 0 Å². The summed E-state index contributed by atoms with van der Waals surface area (Å²) in [5.41, 5.74) is 2.06. The fourth-order valence-electron chi connectivity index (χ4n) is 2.33. The summed E-state index contributed by atoms with van der Waals surface area (Å²) in [6.45, 7) is 5.69. The number of carbonyl (C=O) groups excluding carboxylic acids is 2. The Balaban J connectivity index is 4.25. The lowest BCUT2D eigenvalue weighted by molar-refractivity contribution is -0.123. The Bertz CT molecular complexity index is 353. The first-order valence-electron chi connectivity index (χ1n) is 9.12. The fraction of sp³-hybridized carbons (Fsp3) is 0.882. The summed E-state index contributed by atoms with van der Waals surface area (Å²) < 4.78 is 0. The summed E-state index contributed by atoms with van der Waals surface area (Å²) >= 11 is 0. The molecule has 0 aliphatic rings. The third kappa shape index (κ3) is 12.7. The average Bonchev–Trinajstić information content (AvgIpc) is 2.56. The van der Waals surface area contributed by atoms with E-state index in [4.69, 9.17) is 4.84 Å². The molecule has 0 fully saturated rings. The molecular formula is C17H35N3O5. The molecule has 4 unspecified atom stereocenters. The van der Waals surface area contributed by atoms with Gasteiger partial charge < -0.3 is 20.8 Å². The fourth-order valence-corrected chi connectivity index (χ4v) is 2.33. The number of unbranched alkanes of at least 4 members (excludes halogenated alkanes) is 4. The van der Waals surface area contributed by atoms with Crippen molar-refractivity contribution < 1.29 is 24.6 Å². The molecule has 0 spiro atoms. The second kappa shape index (κ2) is 15.1. The van der Waals surface area contributed by atoms with Crippen LogP contribution in [0.4, 0.5) is 0 Å². The highest BCUT2D eigenvalue weighted by molar-refractivity contribution is 5.76. The van der Waals surface area contributed by atoms with Crippen molar-refractivity contribution in [1.82, 2.24) is 16.1 Å². The molecule has 0 aromatic carbocycles. The Morgan fingerprint density at radius 1 is 1.08 bits per heavy atom. The Kier molecular flexibility index (Phi) is 14.3. The number of hydrogen-bond acceptors (Lipinski definition) is 6. The zero-order valence-corrected chi connectivity index (χ0v) is 15.7. The number of hydroxylamine groups is 1. The Morgan fingerprint density at radius 2 is 1.72 bits per heavy atom. The van der Waals surface area contributed by atoms with E-state index in [-0.39, 0.29) is 19.1 Å². The predicted octanol–water partition coefficient (Wildman–Crippen LogP) is 0.229. The van der Waals surface area contributed by atoms with Crippen molar-refractivity contribution in [3.63, 3.8) is 0 Å². The predicted molar refractivity (Wildman–Crippen MR) is 95.6 cm³/mol. The molecule has 0 aliphatic heterocycles. The molecule has 148 valence electrons. The number of amides is 2. The summed E-state index contributed by atoms with van der Waals surface area (Å²) in [6, 6.07) is -0.914. The van der Waals surface area contributed by atoms with Gasteiger partial charge in [0.05, 0.1) is 30.9 Å². The van der Waals surface area contributed by atoms with Crippen molar-refractivity contribution in [1.29, 1.82) is 0 Å². The highest BCUT2D eigenvalue weighted by Crippen LogP contribution is 2.05. The summed E-state index contributed by atoms with van der Waals surface area (Å²) in [5.74, 6) is -0.0864. The Labute approximate surface area is 150 Å². The van der Waals surface area contributed by atoms with Crippen molar-refractivity contribution in [3.8, 4) is 0 Å². The highest BCUT2D eigenvalue weighted by atomic mass is 16.6. The van der Waals surface area contributed by atoms with Crippen molar-refractivity contribution in [2.45, 2.75) is 83.6 Å². The lowest BCUT2D eigenvalue weighted by Gasteiger charge is -2.26. The lowest BCUT2D eigenvalue weighted by atomic mass is 10.1. The van der Waals surface area contributed by atoms with Gasteiger partial charge in [0.2, 0.25) is 12.3 Å². The van der Waals surface area contributed by atoms with E-state index in [1.165, 1.54) is 12.8 Å². The number of hydrogen-bond donors (Lipinski definition) is 5. The standard InChI is InChI=1S/C17H35N3O5/c1-4-5-6-7-8-9-17(24)20-15(13(2)22)10-18-16(14(3)23)11-25-19-12-21/h12-16,18,22-23H,4-11H2,1-3H3,(H,19,21)(H,20,24). The molecule has 2 amide bonds. The number of aliphatic hydroxyl groups is 2. The molecule has 0 saturated heterocycles. The topological polar surface area (TPSA) is 120 Å². The molecule has 0 rings (SSSR count). The van der Waals surface area contributed by atoms with Crippen LogP contribution in [-0.2, 0) is 14.4 Å². The van der Waals surface area contributed by atoms with Crippen molar-refractivity contribution in [2.75, 3.05) is 13.2 Å². The van der Waals surface area contributed by atoms with Crippen LogP contribution in [0.25, 0.3) is 0 Å². The van der Waals surface area contributed by atoms with Gasteiger partial charge in [-0.05, 0) is 20.3 Å². The zero-order chi connectivity index (χ0) is 19.1. The third-order valence-electron chi connectivity index (χ3n) is 4.01. The molecule has 25 heavy (non-hydrogen) atoms. The van der Waals surface area contributed by atoms with Gasteiger partial charge in [0, 0.05) is 13.0 Å². The summed E-state index contributed by atoms with van der Waals surface area (Å²) in [5, 5.41) is 25.5. The number of aliphatic hydroxyl groups excluding tert-OH is 2. The Morgan fingerprint density at radius 3 is 2.28 bits per heavy atom. The van der Waals surface area contributed by atoms with Crippen LogP contribution in [0.1, 0.15) is 59.3 Å². The molecule has 0 radical (unpaired) electrons. The van der Waals surface area contributed by atoms with Crippen LogP contribution in [0.2, 0.25) is 0 Å². The van der Waals surface area contributed by atoms with Crippen molar-refractivity contribution >= 4 is 12.3 Å². The van der Waals surface area contributed by atoms with Crippen molar-refractivity contribution in [2.24, 2.45) is 0 Å². The molecule has 8 heteroatoms. The van der Waals surface area contributed by atoms with Crippen LogP contribution in [0.5, 0.6) is 0 Å². The van der Waals surface area contributed by atoms with E-state index in [9.17, 15) is 19.8 Å². The van der Waals surface area contributed by atoms with Gasteiger partial charge in [-0.25, -0.2) is 5.48 Å². The first kappa shape index (κ1) is 23.8. The van der Waals surface area contributed by atoms with E-state index in [1.54, 1.807) is 13.8 Å². The second-order valence-electron chi connectivity index (χ2n) is 6.38. The maximum absolute atomic E-state index is 12.0. The molecule has 0 saturated carbocycles. The van der Waals surface area contributed by atoms with E-state index in [0.29, 0.717) is 12.8 Å². The highest BCUT2D eigenvalue weighted by Gasteiger charge is 2.21. The number of rotatable bonds is 16. The summed E-state index contributed by atoms with van der Waals surface area (Å²) in [7, 11) is 0. The van der Waals surface area contributed by atoms with Gasteiger partial charge in [-0.1, -0.05) is 32.6 Å². The van der Waals surface area contributed by atoms with Gasteiger partial charge in [0.1, 0.15) is 0 Å². The van der Waals surface area contributed by atoms with E-state index in [1.807, 2.05) is 0 Å². The maximum Gasteiger partial charge on any atom is 0.230 e. The quantitative estimate of drug-likeness (QED) is 0.152. The van der Waals surface area contributed by atoms with E-state index >= 15 is 0 Å². The number of nitrogens with one attached hydrogen (secondary N) is 3. The van der Waals surface area contributed by atoms with Gasteiger partial charge in [-0.15, -0.1) is 0 Å². The molecule has 0 aromatic heterocycles. The largest absolute Gasteiger partial charge is 0.392 e. The maximum atomic E-state index is 12.0. The molecule has 0 aromatic rings. The molecule has 0 heterocycles. The van der Waals surface area contributed by atoms with Crippen molar-refractivity contribution in [3.05, 3.63) is 0 Å². The first-order chi connectivity index (χ1) is 11.9. The molecular weight excluding hydrogens is 326 g/mol. The Hall–Kier alpha value is -1.22. The molecule has 4 atom stereocenters. The van der Waals surface area contributed by atoms with Crippen LogP contribution >= 0.6 is 0 Å². The lowest BCUT2D eigenvalue weighted by Crippen LogP contribution is -2.53. The smallest absolute Gasteiger partial charge is 0.230 e. The normalized spacial score (nSPS) is 15.9. The SMILES string of the molecule is CCCCCCCC(=O)NC(CNC(CONC=O)C(C)O)C(C)O. The molecule has 0 bridgehead atoms. The van der Waals surface area contributed by atoms with Crippen LogP contribution in [0, 0.1) is 0 Å². The third-order valence-corrected chi connectivity index (χ3v) is 4.01. The van der Waals surface area contributed by atoms with Gasteiger partial charge >= 0.3 is 0 Å². The average molecular weight is 361 g/mol. The molecule has 8 nitrogen and oxygen atoms in total. The summed E-state index contributed by atoms with van der Waals surface area (Å²) in [6.07, 6.45) is 4.74. The molecule has 5 N–H and O–H groups in total. The van der Waals surface area contributed by atoms with E-state index in [0.717, 1.165) is 19.3 Å². The van der Waals surface area contributed by atoms with E-state index in [2.05, 4.69) is 23.0 Å².